The minimum atomic E-state index is -0.657. The van der Waals surface area contributed by atoms with E-state index < -0.39 is 11.9 Å². The number of oxazole rings is 1. The molecule has 0 saturated carbocycles. The minimum absolute atomic E-state index is 0.204. The molecule has 19 heavy (non-hydrogen) atoms. The zero-order chi connectivity index (χ0) is 13.7. The number of ether oxygens (including phenoxy) is 1. The maximum Gasteiger partial charge on any atom is 0.420 e. The van der Waals surface area contributed by atoms with Crippen LogP contribution in [0.1, 0.15) is 0 Å². The first-order chi connectivity index (χ1) is 9.22. The number of nitrogens with one attached hydrogen (secondary N) is 1. The Hall–Kier alpha value is -1.63. The molecule has 2 N–H and O–H groups in total. The molecule has 1 aromatic carbocycles. The van der Waals surface area contributed by atoms with Gasteiger partial charge in [-0.1, -0.05) is 12.1 Å². The Morgan fingerprint density at radius 1 is 1.47 bits per heavy atom. The van der Waals surface area contributed by atoms with Crippen LogP contribution in [0.4, 0.5) is 0 Å². The number of hydrogen-bond acceptors (Lipinski definition) is 5. The first-order valence-corrected chi connectivity index (χ1v) is 6.18. The van der Waals surface area contributed by atoms with E-state index in [4.69, 9.17) is 9.15 Å². The number of aromatic nitrogens is 1. The summed E-state index contributed by atoms with van der Waals surface area (Å²) in [6, 6.07) is 7.16. The third-order valence-corrected chi connectivity index (χ3v) is 2.83. The van der Waals surface area contributed by atoms with Crippen molar-refractivity contribution in [3.63, 3.8) is 0 Å². The molecule has 0 radical (unpaired) electrons. The lowest BCUT2D eigenvalue weighted by atomic mass is 10.3. The second kappa shape index (κ2) is 6.51. The highest BCUT2D eigenvalue weighted by atomic mass is 16.5. The number of benzene rings is 1. The molecule has 6 nitrogen and oxygen atoms in total. The van der Waals surface area contributed by atoms with Gasteiger partial charge < -0.3 is 19.6 Å². The summed E-state index contributed by atoms with van der Waals surface area (Å²) in [6.07, 6.45) is -0.657. The molecule has 2 rings (SSSR count). The van der Waals surface area contributed by atoms with Crippen molar-refractivity contribution < 1.29 is 14.3 Å². The smallest absolute Gasteiger partial charge is 0.408 e. The van der Waals surface area contributed by atoms with Crippen molar-refractivity contribution in [3.8, 4) is 0 Å². The van der Waals surface area contributed by atoms with Gasteiger partial charge in [-0.2, -0.15) is 0 Å². The van der Waals surface area contributed by atoms with Crippen molar-refractivity contribution in [3.05, 3.63) is 34.8 Å². The van der Waals surface area contributed by atoms with Crippen molar-refractivity contribution in [2.24, 2.45) is 0 Å². The van der Waals surface area contributed by atoms with Crippen molar-refractivity contribution >= 4 is 11.1 Å². The highest BCUT2D eigenvalue weighted by Gasteiger charge is 2.12. The van der Waals surface area contributed by atoms with Crippen molar-refractivity contribution in [1.82, 2.24) is 9.88 Å². The fourth-order valence-electron chi connectivity index (χ4n) is 1.91. The minimum Gasteiger partial charge on any atom is -0.408 e. The van der Waals surface area contributed by atoms with Crippen LogP contribution in [0.15, 0.2) is 33.5 Å². The summed E-state index contributed by atoms with van der Waals surface area (Å²) in [6.45, 7) is 1.85. The summed E-state index contributed by atoms with van der Waals surface area (Å²) >= 11 is 0. The first-order valence-electron chi connectivity index (χ1n) is 6.18. The van der Waals surface area contributed by atoms with Gasteiger partial charge >= 0.3 is 5.76 Å². The van der Waals surface area contributed by atoms with Crippen LogP contribution in [0.5, 0.6) is 0 Å². The van der Waals surface area contributed by atoms with Crippen LogP contribution >= 0.6 is 0 Å². The van der Waals surface area contributed by atoms with Crippen molar-refractivity contribution in [2.45, 2.75) is 12.6 Å². The molecule has 0 amide bonds. The van der Waals surface area contributed by atoms with Crippen molar-refractivity contribution in [2.75, 3.05) is 26.8 Å². The Bertz CT molecular complexity index is 575. The van der Waals surface area contributed by atoms with Crippen LogP contribution in [0.25, 0.3) is 11.1 Å². The van der Waals surface area contributed by atoms with Gasteiger partial charge in [0.1, 0.15) is 0 Å². The second-order valence-corrected chi connectivity index (χ2v) is 4.30. The third-order valence-electron chi connectivity index (χ3n) is 2.83. The molecular weight excluding hydrogens is 248 g/mol. The molecular formula is C13H18N2O4. The van der Waals surface area contributed by atoms with Crippen LogP contribution in [-0.2, 0) is 11.3 Å². The maximum absolute atomic E-state index is 11.7. The molecule has 0 saturated heterocycles. The highest BCUT2D eigenvalue weighted by Crippen LogP contribution is 2.11. The van der Waals surface area contributed by atoms with E-state index in [2.05, 4.69) is 5.32 Å². The number of fused-ring (bicyclic) bond motifs is 1. The molecule has 2 aromatic rings. The molecule has 1 unspecified atom stereocenters. The number of aliphatic hydroxyl groups is 1. The molecule has 0 bridgehead atoms. The van der Waals surface area contributed by atoms with Crippen LogP contribution in [-0.4, -0.2) is 42.6 Å². The van der Waals surface area contributed by atoms with E-state index in [0.717, 1.165) is 0 Å². The van der Waals surface area contributed by atoms with Gasteiger partial charge in [0, 0.05) is 20.2 Å². The molecule has 6 heteroatoms. The molecule has 0 aliphatic rings. The molecule has 1 atom stereocenters. The van der Waals surface area contributed by atoms with Gasteiger partial charge in [-0.05, 0) is 12.1 Å². The quantitative estimate of drug-likeness (QED) is 0.700. The molecule has 1 aromatic heterocycles. The van der Waals surface area contributed by atoms with Crippen LogP contribution < -0.4 is 11.1 Å². The van der Waals surface area contributed by atoms with E-state index >= 15 is 0 Å². The van der Waals surface area contributed by atoms with Crippen molar-refractivity contribution in [1.29, 1.82) is 0 Å². The average molecular weight is 266 g/mol. The maximum atomic E-state index is 11.7. The van der Waals surface area contributed by atoms with Gasteiger partial charge in [-0.25, -0.2) is 4.79 Å². The fraction of sp³-hybridized carbons (Fsp3) is 0.462. The Labute approximate surface area is 110 Å². The molecule has 0 aliphatic heterocycles. The van der Waals surface area contributed by atoms with Gasteiger partial charge in [0.2, 0.25) is 0 Å². The number of methoxy groups -OCH3 is 1. The number of para-hydroxylation sites is 2. The first kappa shape index (κ1) is 13.8. The predicted molar refractivity (Wildman–Crippen MR) is 71.2 cm³/mol. The summed E-state index contributed by atoms with van der Waals surface area (Å²) in [5.41, 5.74) is 1.23. The van der Waals surface area contributed by atoms with Gasteiger partial charge in [0.15, 0.2) is 5.58 Å². The monoisotopic (exact) mass is 266 g/mol. The summed E-state index contributed by atoms with van der Waals surface area (Å²) < 4.78 is 11.4. The van der Waals surface area contributed by atoms with Gasteiger partial charge in [0.25, 0.3) is 0 Å². The third kappa shape index (κ3) is 3.44. The lowest BCUT2D eigenvalue weighted by molar-refractivity contribution is 0.142. The predicted octanol–water partition coefficient (Wildman–Crippen LogP) is 0.191. The summed E-state index contributed by atoms with van der Waals surface area (Å²) in [7, 11) is 1.62. The molecule has 1 heterocycles. The molecule has 0 fully saturated rings. The van der Waals surface area contributed by atoms with E-state index in [9.17, 15) is 9.90 Å². The zero-order valence-electron chi connectivity index (χ0n) is 10.8. The second-order valence-electron chi connectivity index (χ2n) is 4.30. The standard InChI is InChI=1S/C13H18N2O4/c1-18-7-6-14-8-10(16)9-15-11-4-2-3-5-12(11)19-13(15)17/h2-5,10,14,16H,6-9H2,1H3. The van der Waals surface area contributed by atoms with Gasteiger partial charge in [-0.3, -0.25) is 4.57 Å². The Balaban J connectivity index is 2.00. The topological polar surface area (TPSA) is 76.6 Å². The van der Waals surface area contributed by atoms with E-state index in [1.165, 1.54) is 4.57 Å². The number of hydrogen-bond donors (Lipinski definition) is 2. The fourth-order valence-corrected chi connectivity index (χ4v) is 1.91. The molecule has 0 aliphatic carbocycles. The summed E-state index contributed by atoms with van der Waals surface area (Å²) in [5.74, 6) is -0.447. The summed E-state index contributed by atoms with van der Waals surface area (Å²) in [5, 5.41) is 12.9. The molecule has 0 spiro atoms. The number of aliphatic hydroxyl groups excluding tert-OH is 1. The SMILES string of the molecule is COCCNCC(O)Cn1c(=O)oc2ccccc21. The van der Waals surface area contributed by atoms with E-state index in [1.807, 2.05) is 6.07 Å². The normalized spacial score (nSPS) is 12.9. The number of nitrogens with zero attached hydrogens (tertiary/aromatic N) is 1. The van der Waals surface area contributed by atoms with E-state index in [-0.39, 0.29) is 6.54 Å². The summed E-state index contributed by atoms with van der Waals surface area (Å²) in [4.78, 5) is 11.7. The zero-order valence-corrected chi connectivity index (χ0v) is 10.8. The molecule has 104 valence electrons. The van der Waals surface area contributed by atoms with Gasteiger partial charge in [0.05, 0.1) is 24.8 Å². The van der Waals surface area contributed by atoms with Crippen LogP contribution in [0.3, 0.4) is 0 Å². The van der Waals surface area contributed by atoms with E-state index in [0.29, 0.717) is 30.8 Å². The average Bonchev–Trinajstić information content (AvgIpc) is 2.72. The number of rotatable bonds is 7. The Kier molecular flexibility index (Phi) is 4.73. The van der Waals surface area contributed by atoms with E-state index in [1.54, 1.807) is 25.3 Å². The largest absolute Gasteiger partial charge is 0.420 e. The Morgan fingerprint density at radius 3 is 3.05 bits per heavy atom. The van der Waals surface area contributed by atoms with Crippen LogP contribution in [0, 0.1) is 0 Å². The van der Waals surface area contributed by atoms with Crippen LogP contribution in [0.2, 0.25) is 0 Å². The van der Waals surface area contributed by atoms with Gasteiger partial charge in [-0.15, -0.1) is 0 Å². The Morgan fingerprint density at radius 2 is 2.26 bits per heavy atom. The lowest BCUT2D eigenvalue weighted by Gasteiger charge is -2.11. The lowest BCUT2D eigenvalue weighted by Crippen LogP contribution is -2.34. The highest BCUT2D eigenvalue weighted by molar-refractivity contribution is 5.72.